The minimum atomic E-state index is 0.352. The van der Waals surface area contributed by atoms with Crippen LogP contribution >= 0.6 is 58.3 Å². The SMILES string of the molecule is CSC(/N=C(\Cl)SC)=[N+]=C(Cl)c1ccc(Cl)cc1. The second kappa shape index (κ2) is 8.16. The van der Waals surface area contributed by atoms with E-state index >= 15 is 0 Å². The summed E-state index contributed by atoms with van der Waals surface area (Å²) in [6.45, 7) is 0. The molecule has 0 aromatic heterocycles. The van der Waals surface area contributed by atoms with Crippen LogP contribution in [0.3, 0.4) is 0 Å². The molecule has 0 fully saturated rings. The number of rotatable bonds is 1. The molecule has 0 aliphatic carbocycles. The molecule has 1 rings (SSSR count). The molecule has 0 N–H and O–H groups in total. The van der Waals surface area contributed by atoms with Crippen molar-refractivity contribution in [2.45, 2.75) is 0 Å². The van der Waals surface area contributed by atoms with E-state index in [1.807, 2.05) is 12.5 Å². The van der Waals surface area contributed by atoms with Gasteiger partial charge in [-0.05, 0) is 71.7 Å². The van der Waals surface area contributed by atoms with Crippen LogP contribution in [0.15, 0.2) is 29.3 Å². The third-order valence-electron chi connectivity index (χ3n) is 1.81. The summed E-state index contributed by atoms with van der Waals surface area (Å²) in [6.07, 6.45) is 3.70. The van der Waals surface area contributed by atoms with Gasteiger partial charge in [0.1, 0.15) is 0 Å². The molecule has 2 nitrogen and oxygen atoms in total. The molecule has 0 unspecified atom stereocenters. The Hall–Kier alpha value is -0.0900. The average Bonchev–Trinajstić information content (AvgIpc) is 2.38. The second-order valence-corrected chi connectivity index (χ2v) is 5.91. The first-order valence-electron chi connectivity index (χ1n) is 4.76. The largest absolute Gasteiger partial charge is 0.455 e. The third-order valence-corrected chi connectivity index (χ3v) is 3.89. The number of hydrogen-bond acceptors (Lipinski definition) is 2. The highest BCUT2D eigenvalue weighted by atomic mass is 35.5. The Morgan fingerprint density at radius 3 is 2.22 bits per heavy atom. The summed E-state index contributed by atoms with van der Waals surface area (Å²) in [5.41, 5.74) is 0.781. The van der Waals surface area contributed by atoms with Gasteiger partial charge in [0.25, 0.3) is 4.50 Å². The number of hydrogen-bond donors (Lipinski definition) is 0. The van der Waals surface area contributed by atoms with Crippen LogP contribution in [0.5, 0.6) is 0 Å². The van der Waals surface area contributed by atoms with Crippen molar-refractivity contribution in [1.29, 1.82) is 0 Å². The van der Waals surface area contributed by atoms with Gasteiger partial charge in [-0.25, -0.2) is 0 Å². The van der Waals surface area contributed by atoms with Gasteiger partial charge in [0.2, 0.25) is 0 Å². The third kappa shape index (κ3) is 5.27. The number of nitrogens with zero attached hydrogens (tertiary/aromatic N) is 2. The normalized spacial score (nSPS) is 11.1. The predicted octanol–water partition coefficient (Wildman–Crippen LogP) is 4.07. The van der Waals surface area contributed by atoms with E-state index in [1.165, 1.54) is 23.5 Å². The lowest BCUT2D eigenvalue weighted by Gasteiger charge is -1.91. The summed E-state index contributed by atoms with van der Waals surface area (Å²) in [6, 6.07) is 7.11. The van der Waals surface area contributed by atoms with Gasteiger partial charge in [-0.15, -0.1) is 0 Å². The van der Waals surface area contributed by atoms with Crippen LogP contribution in [-0.2, 0) is 0 Å². The fourth-order valence-electron chi connectivity index (χ4n) is 0.973. The topological polar surface area (TPSA) is 26.5 Å². The van der Waals surface area contributed by atoms with Crippen LogP contribution in [0.25, 0.3) is 0 Å². The van der Waals surface area contributed by atoms with Crippen LogP contribution < -0.4 is 4.67 Å². The summed E-state index contributed by atoms with van der Waals surface area (Å²) in [5.74, 6) is 0. The molecule has 0 spiro atoms. The van der Waals surface area contributed by atoms with Crippen molar-refractivity contribution < 1.29 is 0 Å². The molecule has 96 valence electrons. The molecule has 0 bridgehead atoms. The minimum absolute atomic E-state index is 0.352. The molecule has 0 saturated carbocycles. The Morgan fingerprint density at radius 2 is 1.72 bits per heavy atom. The van der Waals surface area contributed by atoms with Crippen molar-refractivity contribution in [2.24, 2.45) is 4.99 Å². The molecule has 0 heterocycles. The van der Waals surface area contributed by atoms with Crippen molar-refractivity contribution in [1.82, 2.24) is 4.67 Å². The lowest BCUT2D eigenvalue weighted by Crippen LogP contribution is -2.02. The quantitative estimate of drug-likeness (QED) is 0.437. The number of thioether (sulfide) groups is 2. The molecule has 7 heteroatoms. The van der Waals surface area contributed by atoms with Crippen molar-refractivity contribution >= 4 is 73.2 Å². The van der Waals surface area contributed by atoms with Gasteiger partial charge in [0, 0.05) is 10.0 Å². The maximum atomic E-state index is 6.11. The van der Waals surface area contributed by atoms with Crippen molar-refractivity contribution in [3.8, 4) is 0 Å². The Kier molecular flexibility index (Phi) is 7.23. The van der Waals surface area contributed by atoms with Crippen molar-refractivity contribution in [2.75, 3.05) is 12.5 Å². The molecule has 1 aromatic rings. The fourth-order valence-corrected chi connectivity index (χ4v) is 2.09. The average molecular weight is 341 g/mol. The fraction of sp³-hybridized carbons (Fsp3) is 0.182. The number of halogens is 3. The van der Waals surface area contributed by atoms with Crippen LogP contribution in [0, 0.1) is 0 Å². The Balaban J connectivity index is 3.14. The molecule has 0 aliphatic rings. The van der Waals surface area contributed by atoms with Gasteiger partial charge >= 0.3 is 10.3 Å². The van der Waals surface area contributed by atoms with E-state index < -0.39 is 0 Å². The maximum Gasteiger partial charge on any atom is 0.455 e. The smallest absolute Gasteiger partial charge is 0.179 e. The molecule has 18 heavy (non-hydrogen) atoms. The molecule has 1 aromatic carbocycles. The van der Waals surface area contributed by atoms with Gasteiger partial charge in [-0.3, -0.25) is 0 Å². The van der Waals surface area contributed by atoms with Crippen LogP contribution in [0.4, 0.5) is 0 Å². The minimum Gasteiger partial charge on any atom is -0.179 e. The highest BCUT2D eigenvalue weighted by Crippen LogP contribution is 2.11. The van der Waals surface area contributed by atoms with E-state index in [0.29, 0.717) is 19.9 Å². The highest BCUT2D eigenvalue weighted by Gasteiger charge is 2.12. The number of benzene rings is 1. The summed E-state index contributed by atoms with van der Waals surface area (Å²) >= 11 is 20.5. The summed E-state index contributed by atoms with van der Waals surface area (Å²) in [5, 5.41) is 1.51. The van der Waals surface area contributed by atoms with E-state index in [0.717, 1.165) is 5.56 Å². The van der Waals surface area contributed by atoms with Crippen LogP contribution in [0.1, 0.15) is 5.56 Å². The van der Waals surface area contributed by atoms with E-state index in [-0.39, 0.29) is 0 Å². The lowest BCUT2D eigenvalue weighted by molar-refractivity contribution is 1.58. The predicted molar refractivity (Wildman–Crippen MR) is 88.9 cm³/mol. The van der Waals surface area contributed by atoms with E-state index in [2.05, 4.69) is 9.66 Å². The van der Waals surface area contributed by atoms with Crippen molar-refractivity contribution in [3.05, 3.63) is 34.9 Å². The molecular formula is C11H10Cl3N2S2+. The van der Waals surface area contributed by atoms with Gasteiger partial charge in [0.15, 0.2) is 0 Å². The first-order chi connectivity index (χ1) is 8.56. The zero-order chi connectivity index (χ0) is 13.5. The summed E-state index contributed by atoms with van der Waals surface area (Å²) in [7, 11) is 0. The molecule has 0 amide bonds. The number of aliphatic imine (C=N–C) groups is 1. The van der Waals surface area contributed by atoms with Gasteiger partial charge in [-0.2, -0.15) is 4.67 Å². The maximum absolute atomic E-state index is 6.11. The first-order valence-corrected chi connectivity index (χ1v) is 8.34. The lowest BCUT2D eigenvalue weighted by atomic mass is 10.2. The molecule has 0 radical (unpaired) electrons. The van der Waals surface area contributed by atoms with Crippen LogP contribution in [-0.4, -0.2) is 27.4 Å². The van der Waals surface area contributed by atoms with Crippen LogP contribution in [0.2, 0.25) is 5.02 Å². The monoisotopic (exact) mass is 339 g/mol. The van der Waals surface area contributed by atoms with E-state index in [4.69, 9.17) is 34.8 Å². The second-order valence-electron chi connectivity index (χ2n) is 2.97. The molecule has 0 aliphatic heterocycles. The molecule has 0 saturated heterocycles. The Labute approximate surface area is 130 Å². The Morgan fingerprint density at radius 1 is 1.11 bits per heavy atom. The van der Waals surface area contributed by atoms with Gasteiger partial charge in [0.05, 0.1) is 5.56 Å². The van der Waals surface area contributed by atoms with E-state index in [1.54, 1.807) is 24.3 Å². The highest BCUT2D eigenvalue weighted by molar-refractivity contribution is 8.16. The first kappa shape index (κ1) is 16.0. The van der Waals surface area contributed by atoms with E-state index in [9.17, 15) is 0 Å². The summed E-state index contributed by atoms with van der Waals surface area (Å²) < 4.78 is 4.64. The van der Waals surface area contributed by atoms with Gasteiger partial charge in [-0.1, -0.05) is 23.4 Å². The van der Waals surface area contributed by atoms with Crippen molar-refractivity contribution in [3.63, 3.8) is 0 Å². The molecular weight excluding hydrogens is 331 g/mol. The summed E-state index contributed by atoms with van der Waals surface area (Å²) in [4.78, 5) is 4.12. The Bertz CT molecular complexity index is 506. The number of amidine groups is 1. The molecule has 0 atom stereocenters. The standard InChI is InChI=1S/C11H10Cl3N2S2/c1-17-10(14)16-11(18-2)15-9(13)7-3-5-8(12)6-4-7/h3-6H,1-2H3/q+1. The zero-order valence-corrected chi connectivity index (χ0v) is 13.6. The van der Waals surface area contributed by atoms with Gasteiger partial charge < -0.3 is 0 Å². The zero-order valence-electron chi connectivity index (χ0n) is 9.65.